The van der Waals surface area contributed by atoms with Gasteiger partial charge in [-0.1, -0.05) is 92.2 Å². The fourth-order valence-electron chi connectivity index (χ4n) is 4.79. The number of allylic oxidation sites excluding steroid dienone is 1. The summed E-state index contributed by atoms with van der Waals surface area (Å²) in [7, 11) is 0. The lowest BCUT2D eigenvalue weighted by molar-refractivity contribution is 0.832. The third-order valence-corrected chi connectivity index (χ3v) is 6.37. The number of benzene rings is 4. The molecule has 4 aromatic rings. The van der Waals surface area contributed by atoms with E-state index in [1.54, 1.807) is 0 Å². The molecule has 0 bridgehead atoms. The minimum absolute atomic E-state index is 0.139. The van der Waals surface area contributed by atoms with E-state index in [0.717, 1.165) is 30.5 Å². The lowest BCUT2D eigenvalue weighted by Gasteiger charge is -2.23. The molecule has 1 atom stereocenters. The molecule has 1 aliphatic carbocycles. The molecule has 1 unspecified atom stereocenters. The number of hydrogen-bond donors (Lipinski definition) is 1. The Labute approximate surface area is 184 Å². The van der Waals surface area contributed by atoms with Crippen molar-refractivity contribution in [3.63, 3.8) is 0 Å². The summed E-state index contributed by atoms with van der Waals surface area (Å²) < 4.78 is 0. The van der Waals surface area contributed by atoms with E-state index in [9.17, 15) is 0 Å². The molecule has 0 saturated heterocycles. The molecule has 152 valence electrons. The molecule has 0 aliphatic heterocycles. The molecule has 5 rings (SSSR count). The van der Waals surface area contributed by atoms with Crippen molar-refractivity contribution in [1.29, 1.82) is 5.41 Å². The van der Waals surface area contributed by atoms with Crippen molar-refractivity contribution in [1.82, 2.24) is 0 Å². The largest absolute Gasteiger partial charge is 0.305 e. The van der Waals surface area contributed by atoms with Gasteiger partial charge in [-0.05, 0) is 69.6 Å². The van der Waals surface area contributed by atoms with E-state index >= 15 is 0 Å². The summed E-state index contributed by atoms with van der Waals surface area (Å²) in [6, 6.07) is 32.5. The Morgan fingerprint density at radius 1 is 0.774 bits per heavy atom. The molecule has 1 nitrogen and oxygen atoms in total. The van der Waals surface area contributed by atoms with Crippen LogP contribution in [0.3, 0.4) is 0 Å². The van der Waals surface area contributed by atoms with Crippen molar-refractivity contribution < 1.29 is 0 Å². The lowest BCUT2D eigenvalue weighted by Crippen LogP contribution is -2.10. The van der Waals surface area contributed by atoms with E-state index in [1.165, 1.54) is 38.6 Å². The summed E-state index contributed by atoms with van der Waals surface area (Å²) >= 11 is 0. The van der Waals surface area contributed by atoms with Crippen LogP contribution in [0, 0.1) is 5.41 Å². The number of hydrogen-bond acceptors (Lipinski definition) is 1. The summed E-state index contributed by atoms with van der Waals surface area (Å²) in [4.78, 5) is 0. The first kappa shape index (κ1) is 19.5. The zero-order valence-electron chi connectivity index (χ0n) is 17.9. The highest BCUT2D eigenvalue weighted by Gasteiger charge is 2.30. The maximum Gasteiger partial charge on any atom is 0.0389 e. The van der Waals surface area contributed by atoms with Gasteiger partial charge in [-0.3, -0.25) is 0 Å². The number of rotatable bonds is 6. The molecular weight excluding hydrogens is 374 g/mol. The number of nitrogens with one attached hydrogen (secondary N) is 1. The van der Waals surface area contributed by atoms with Crippen LogP contribution in [-0.4, -0.2) is 5.71 Å². The van der Waals surface area contributed by atoms with Gasteiger partial charge in [0.25, 0.3) is 0 Å². The standard InChI is InChI=1S/C30H27N/c1-2-3-17-29(31)27-18-22-13-7-8-14-23(22)19-28(27)30-25-16-10-9-15-24(25)20-26(30)21-11-5-4-6-12-21/h4-16,18-20,30-31H,2-3,17H2,1H3. The van der Waals surface area contributed by atoms with Gasteiger partial charge in [0.05, 0.1) is 0 Å². The van der Waals surface area contributed by atoms with Crippen molar-refractivity contribution in [2.45, 2.75) is 32.1 Å². The summed E-state index contributed by atoms with van der Waals surface area (Å²) in [6.07, 6.45) is 5.31. The minimum Gasteiger partial charge on any atom is -0.305 e. The fraction of sp³-hybridized carbons (Fsp3) is 0.167. The molecule has 31 heavy (non-hydrogen) atoms. The second-order valence-electron chi connectivity index (χ2n) is 8.40. The van der Waals surface area contributed by atoms with E-state index in [0.29, 0.717) is 0 Å². The predicted molar refractivity (Wildman–Crippen MR) is 133 cm³/mol. The SMILES string of the molecule is CCCCC(=N)c1cc2ccccc2cc1C1C(c2ccccc2)=Cc2ccccc21. The summed E-state index contributed by atoms with van der Waals surface area (Å²) in [5, 5.41) is 11.4. The van der Waals surface area contributed by atoms with Crippen LogP contribution in [0.15, 0.2) is 91.0 Å². The van der Waals surface area contributed by atoms with E-state index in [1.807, 2.05) is 0 Å². The van der Waals surface area contributed by atoms with Gasteiger partial charge in [0.15, 0.2) is 0 Å². The van der Waals surface area contributed by atoms with Gasteiger partial charge in [0.2, 0.25) is 0 Å². The van der Waals surface area contributed by atoms with Crippen LogP contribution < -0.4 is 0 Å². The van der Waals surface area contributed by atoms with Crippen LogP contribution in [0.5, 0.6) is 0 Å². The normalized spacial score (nSPS) is 15.0. The highest BCUT2D eigenvalue weighted by Crippen LogP contribution is 2.47. The quantitative estimate of drug-likeness (QED) is 0.316. The molecule has 0 radical (unpaired) electrons. The first-order valence-corrected chi connectivity index (χ1v) is 11.2. The molecule has 1 heteroatoms. The summed E-state index contributed by atoms with van der Waals surface area (Å²) in [5.74, 6) is 0.139. The summed E-state index contributed by atoms with van der Waals surface area (Å²) in [6.45, 7) is 2.19. The highest BCUT2D eigenvalue weighted by atomic mass is 14.4. The molecular formula is C30H27N. The molecule has 0 amide bonds. The van der Waals surface area contributed by atoms with Gasteiger partial charge < -0.3 is 5.41 Å². The first-order chi connectivity index (χ1) is 15.3. The highest BCUT2D eigenvalue weighted by molar-refractivity contribution is 6.05. The number of unbranched alkanes of at least 4 members (excludes halogenated alkanes) is 1. The van der Waals surface area contributed by atoms with Crippen LogP contribution in [0.2, 0.25) is 0 Å². The van der Waals surface area contributed by atoms with Crippen molar-refractivity contribution in [3.05, 3.63) is 119 Å². The van der Waals surface area contributed by atoms with Crippen LogP contribution in [0.25, 0.3) is 22.4 Å². The smallest absolute Gasteiger partial charge is 0.0389 e. The molecule has 1 aliphatic rings. The molecule has 4 aromatic carbocycles. The number of fused-ring (bicyclic) bond motifs is 2. The second-order valence-corrected chi connectivity index (χ2v) is 8.40. The van der Waals surface area contributed by atoms with E-state index in [4.69, 9.17) is 5.41 Å². The van der Waals surface area contributed by atoms with Gasteiger partial charge in [-0.2, -0.15) is 0 Å². The lowest BCUT2D eigenvalue weighted by atomic mass is 9.80. The second kappa shape index (κ2) is 8.35. The minimum atomic E-state index is 0.139. The maximum atomic E-state index is 8.95. The van der Waals surface area contributed by atoms with Crippen molar-refractivity contribution in [2.75, 3.05) is 0 Å². The van der Waals surface area contributed by atoms with Crippen molar-refractivity contribution in [2.24, 2.45) is 0 Å². The van der Waals surface area contributed by atoms with Gasteiger partial charge in [0.1, 0.15) is 0 Å². The maximum absolute atomic E-state index is 8.95. The zero-order valence-corrected chi connectivity index (χ0v) is 17.9. The molecule has 0 saturated carbocycles. The average Bonchev–Trinajstić information content (AvgIpc) is 3.21. The van der Waals surface area contributed by atoms with Gasteiger partial charge in [0, 0.05) is 17.2 Å². The molecule has 1 N–H and O–H groups in total. The molecule has 0 aromatic heterocycles. The Kier molecular flexibility index (Phi) is 5.26. The molecule has 0 spiro atoms. The fourth-order valence-corrected chi connectivity index (χ4v) is 4.79. The van der Waals surface area contributed by atoms with Crippen molar-refractivity contribution >= 4 is 28.1 Å². The third-order valence-electron chi connectivity index (χ3n) is 6.37. The summed E-state index contributed by atoms with van der Waals surface area (Å²) in [5.41, 5.74) is 8.28. The Morgan fingerprint density at radius 2 is 1.45 bits per heavy atom. The zero-order chi connectivity index (χ0) is 21.2. The van der Waals surface area contributed by atoms with E-state index in [2.05, 4.69) is 104 Å². The van der Waals surface area contributed by atoms with E-state index < -0.39 is 0 Å². The van der Waals surface area contributed by atoms with E-state index in [-0.39, 0.29) is 5.92 Å². The van der Waals surface area contributed by atoms with Gasteiger partial charge in [-0.15, -0.1) is 0 Å². The van der Waals surface area contributed by atoms with Crippen LogP contribution >= 0.6 is 0 Å². The Morgan fingerprint density at radius 3 is 2.23 bits per heavy atom. The topological polar surface area (TPSA) is 23.9 Å². The Balaban J connectivity index is 1.74. The van der Waals surface area contributed by atoms with Crippen LogP contribution in [-0.2, 0) is 0 Å². The Bertz CT molecular complexity index is 1280. The Hall–Kier alpha value is -3.45. The van der Waals surface area contributed by atoms with Gasteiger partial charge in [-0.25, -0.2) is 0 Å². The van der Waals surface area contributed by atoms with Gasteiger partial charge >= 0.3 is 0 Å². The average molecular weight is 402 g/mol. The van der Waals surface area contributed by atoms with Crippen molar-refractivity contribution in [3.8, 4) is 0 Å². The monoisotopic (exact) mass is 401 g/mol. The molecule has 0 heterocycles. The molecule has 0 fully saturated rings. The van der Waals surface area contributed by atoms with Crippen LogP contribution in [0.4, 0.5) is 0 Å². The van der Waals surface area contributed by atoms with Crippen LogP contribution in [0.1, 0.15) is 59.9 Å². The third kappa shape index (κ3) is 3.61. The first-order valence-electron chi connectivity index (χ1n) is 11.2. The predicted octanol–water partition coefficient (Wildman–Crippen LogP) is 8.08.